The number of hydrogen-bond acceptors (Lipinski definition) is 4. The third kappa shape index (κ3) is 4.82. The summed E-state index contributed by atoms with van der Waals surface area (Å²) in [5.41, 5.74) is 1.36. The first kappa shape index (κ1) is 17.1. The van der Waals surface area contributed by atoms with E-state index in [1.54, 1.807) is 13.0 Å². The van der Waals surface area contributed by atoms with Gasteiger partial charge in [-0.05, 0) is 33.3 Å². The van der Waals surface area contributed by atoms with Gasteiger partial charge in [0.25, 0.3) is 5.69 Å². The second-order valence-electron chi connectivity index (χ2n) is 6.05. The van der Waals surface area contributed by atoms with Gasteiger partial charge in [-0.15, -0.1) is 0 Å². The lowest BCUT2D eigenvalue weighted by molar-refractivity contribution is -0.385. The molecule has 0 saturated heterocycles. The molecule has 116 valence electrons. The number of carbonyl (C=O) groups is 1. The molecule has 1 rings (SSSR count). The van der Waals surface area contributed by atoms with Gasteiger partial charge in [-0.3, -0.25) is 19.8 Å². The zero-order chi connectivity index (χ0) is 16.2. The van der Waals surface area contributed by atoms with Crippen molar-refractivity contribution in [3.63, 3.8) is 0 Å². The highest BCUT2D eigenvalue weighted by molar-refractivity contribution is 5.66. The van der Waals surface area contributed by atoms with Gasteiger partial charge in [0.05, 0.1) is 11.3 Å². The minimum Gasteiger partial charge on any atom is -0.481 e. The molecule has 6 nitrogen and oxygen atoms in total. The molecule has 0 aliphatic heterocycles. The lowest BCUT2D eigenvalue weighted by Crippen LogP contribution is -2.42. The molecule has 0 aliphatic carbocycles. The van der Waals surface area contributed by atoms with Crippen LogP contribution in [0.5, 0.6) is 0 Å². The fraction of sp³-hybridized carbons (Fsp3) is 0.533. The van der Waals surface area contributed by atoms with Crippen molar-refractivity contribution in [1.82, 2.24) is 4.90 Å². The molecule has 0 heterocycles. The van der Waals surface area contributed by atoms with Gasteiger partial charge in [0.2, 0.25) is 0 Å². The van der Waals surface area contributed by atoms with E-state index in [4.69, 9.17) is 5.11 Å². The number of benzene rings is 1. The number of carboxylic acid groups (broad SMARTS) is 1. The maximum absolute atomic E-state index is 11.0. The van der Waals surface area contributed by atoms with Crippen LogP contribution in [0.1, 0.15) is 38.3 Å². The summed E-state index contributed by atoms with van der Waals surface area (Å²) < 4.78 is 0. The summed E-state index contributed by atoms with van der Waals surface area (Å²) in [4.78, 5) is 23.4. The van der Waals surface area contributed by atoms with E-state index in [9.17, 15) is 14.9 Å². The summed E-state index contributed by atoms with van der Waals surface area (Å²) in [5, 5.41) is 19.8. The Balaban J connectivity index is 3.01. The smallest absolute Gasteiger partial charge is 0.304 e. The molecule has 0 aromatic heterocycles. The highest BCUT2D eigenvalue weighted by Gasteiger charge is 2.24. The molecule has 0 amide bonds. The minimum atomic E-state index is -0.847. The second kappa shape index (κ2) is 6.67. The van der Waals surface area contributed by atoms with Gasteiger partial charge in [0.15, 0.2) is 0 Å². The van der Waals surface area contributed by atoms with E-state index in [0.717, 1.165) is 5.56 Å². The van der Waals surface area contributed by atoms with E-state index in [0.29, 0.717) is 18.7 Å². The normalized spacial score (nSPS) is 11.7. The van der Waals surface area contributed by atoms with E-state index in [1.165, 1.54) is 6.07 Å². The zero-order valence-electron chi connectivity index (χ0n) is 12.9. The van der Waals surface area contributed by atoms with Gasteiger partial charge in [0.1, 0.15) is 0 Å². The topological polar surface area (TPSA) is 83.7 Å². The number of hydrogen-bond donors (Lipinski definition) is 1. The molecule has 0 radical (unpaired) electrons. The lowest BCUT2D eigenvalue weighted by Gasteiger charge is -2.35. The van der Waals surface area contributed by atoms with Gasteiger partial charge in [-0.1, -0.05) is 12.1 Å². The van der Waals surface area contributed by atoms with Crippen molar-refractivity contribution in [3.8, 4) is 0 Å². The van der Waals surface area contributed by atoms with Crippen molar-refractivity contribution in [2.24, 2.45) is 0 Å². The maximum Gasteiger partial charge on any atom is 0.304 e. The zero-order valence-corrected chi connectivity index (χ0v) is 12.9. The molecule has 6 heteroatoms. The first-order valence-electron chi connectivity index (χ1n) is 6.82. The van der Waals surface area contributed by atoms with E-state index in [1.807, 2.05) is 31.7 Å². The van der Waals surface area contributed by atoms with E-state index >= 15 is 0 Å². The molecule has 0 unspecified atom stereocenters. The van der Waals surface area contributed by atoms with E-state index in [-0.39, 0.29) is 17.6 Å². The van der Waals surface area contributed by atoms with Crippen LogP contribution in [0.3, 0.4) is 0 Å². The van der Waals surface area contributed by atoms with Crippen molar-refractivity contribution in [3.05, 3.63) is 39.4 Å². The Morgan fingerprint density at radius 1 is 1.38 bits per heavy atom. The standard InChI is InChI=1S/C15H22N2O4/c1-11-12(6-5-7-13(11)17(20)21)10-16(15(2,3)4)9-8-14(18)19/h5-7H,8-10H2,1-4H3,(H,18,19). The van der Waals surface area contributed by atoms with Crippen LogP contribution in [0, 0.1) is 17.0 Å². The molecule has 0 fully saturated rings. The Morgan fingerprint density at radius 3 is 2.48 bits per heavy atom. The van der Waals surface area contributed by atoms with Crippen LogP contribution >= 0.6 is 0 Å². The monoisotopic (exact) mass is 294 g/mol. The summed E-state index contributed by atoms with van der Waals surface area (Å²) in [5.74, 6) is -0.847. The van der Waals surface area contributed by atoms with Gasteiger partial charge in [-0.25, -0.2) is 0 Å². The first-order valence-corrected chi connectivity index (χ1v) is 6.82. The van der Waals surface area contributed by atoms with Crippen LogP contribution in [-0.2, 0) is 11.3 Å². The summed E-state index contributed by atoms with van der Waals surface area (Å²) >= 11 is 0. The van der Waals surface area contributed by atoms with E-state index < -0.39 is 10.9 Å². The minimum absolute atomic E-state index is 0.0469. The number of nitro groups is 1. The molecule has 21 heavy (non-hydrogen) atoms. The van der Waals surface area contributed by atoms with Gasteiger partial charge < -0.3 is 5.11 Å². The third-order valence-corrected chi connectivity index (χ3v) is 3.52. The third-order valence-electron chi connectivity index (χ3n) is 3.52. The van der Waals surface area contributed by atoms with Crippen LogP contribution < -0.4 is 0 Å². The maximum atomic E-state index is 11.0. The molecule has 1 aromatic carbocycles. The number of carboxylic acids is 1. The number of nitrogens with zero attached hydrogens (tertiary/aromatic N) is 2. The van der Waals surface area contributed by atoms with Crippen LogP contribution in [0.4, 0.5) is 5.69 Å². The first-order chi connectivity index (χ1) is 9.62. The van der Waals surface area contributed by atoms with Crippen molar-refractivity contribution >= 4 is 11.7 Å². The lowest BCUT2D eigenvalue weighted by atomic mass is 10.0. The molecule has 1 aromatic rings. The molecule has 0 spiro atoms. The Kier molecular flexibility index (Phi) is 5.43. The second-order valence-corrected chi connectivity index (χ2v) is 6.05. The molecular formula is C15H22N2O4. The largest absolute Gasteiger partial charge is 0.481 e. The van der Waals surface area contributed by atoms with Crippen LogP contribution in [0.2, 0.25) is 0 Å². The van der Waals surface area contributed by atoms with Crippen LogP contribution in [0.25, 0.3) is 0 Å². The Bertz CT molecular complexity index is 535. The molecule has 0 aliphatic rings. The summed E-state index contributed by atoms with van der Waals surface area (Å²) in [6.07, 6.45) is 0.0469. The molecule has 0 bridgehead atoms. The molecule has 1 N–H and O–H groups in total. The molecule has 0 atom stereocenters. The van der Waals surface area contributed by atoms with Crippen molar-refractivity contribution in [2.45, 2.75) is 46.2 Å². The number of nitro benzene ring substituents is 1. The van der Waals surface area contributed by atoms with Crippen molar-refractivity contribution in [2.75, 3.05) is 6.54 Å². The Morgan fingerprint density at radius 2 is 2.00 bits per heavy atom. The summed E-state index contributed by atoms with van der Waals surface area (Å²) in [7, 11) is 0. The average Bonchev–Trinajstić information content (AvgIpc) is 2.34. The number of aliphatic carboxylic acids is 1. The van der Waals surface area contributed by atoms with Gasteiger partial charge in [-0.2, -0.15) is 0 Å². The Labute approximate surface area is 124 Å². The highest BCUT2D eigenvalue weighted by Crippen LogP contribution is 2.25. The average molecular weight is 294 g/mol. The Hall–Kier alpha value is -1.95. The predicted molar refractivity (Wildman–Crippen MR) is 80.2 cm³/mol. The van der Waals surface area contributed by atoms with E-state index in [2.05, 4.69) is 0 Å². The van der Waals surface area contributed by atoms with Crippen molar-refractivity contribution in [1.29, 1.82) is 0 Å². The van der Waals surface area contributed by atoms with Gasteiger partial charge >= 0.3 is 5.97 Å². The molecule has 0 saturated carbocycles. The van der Waals surface area contributed by atoms with Crippen LogP contribution in [-0.4, -0.2) is 33.0 Å². The summed E-state index contributed by atoms with van der Waals surface area (Å²) in [6, 6.07) is 5.00. The van der Waals surface area contributed by atoms with Crippen molar-refractivity contribution < 1.29 is 14.8 Å². The predicted octanol–water partition coefficient (Wildman–Crippen LogP) is 2.98. The number of rotatable bonds is 6. The van der Waals surface area contributed by atoms with Crippen LogP contribution in [0.15, 0.2) is 18.2 Å². The fourth-order valence-corrected chi connectivity index (χ4v) is 2.13. The SMILES string of the molecule is Cc1c(CN(CCC(=O)O)C(C)(C)C)cccc1[N+](=O)[O-]. The quantitative estimate of drug-likeness (QED) is 0.644. The highest BCUT2D eigenvalue weighted by atomic mass is 16.6. The molecular weight excluding hydrogens is 272 g/mol. The van der Waals surface area contributed by atoms with Gasteiger partial charge in [0, 0.05) is 30.3 Å². The fourth-order valence-electron chi connectivity index (χ4n) is 2.13. The summed E-state index contributed by atoms with van der Waals surface area (Å²) in [6.45, 7) is 8.63.